The summed E-state index contributed by atoms with van der Waals surface area (Å²) in [5.41, 5.74) is 3.22. The molecule has 0 saturated heterocycles. The van der Waals surface area contributed by atoms with E-state index in [9.17, 15) is 4.79 Å². The van der Waals surface area contributed by atoms with E-state index in [-0.39, 0.29) is 5.97 Å². The number of aromatic nitrogens is 1. The molecule has 3 nitrogen and oxygen atoms in total. The summed E-state index contributed by atoms with van der Waals surface area (Å²) in [5, 5.41) is 1.03. The van der Waals surface area contributed by atoms with E-state index in [1.54, 1.807) is 11.3 Å². The van der Waals surface area contributed by atoms with Crippen molar-refractivity contribution in [1.82, 2.24) is 4.98 Å². The number of nitrogens with zero attached hydrogens (tertiary/aromatic N) is 1. The van der Waals surface area contributed by atoms with Crippen LogP contribution in [-0.2, 0) is 11.2 Å². The molecular weight excluding hydrogens is 258 g/mol. The molecule has 1 aromatic carbocycles. The standard InChI is InChI=1S/C15H15NO2S/c1-9-13(15(17)18-2)16-14(19-9)12-8-7-10-5-3-4-6-11(10)12/h3-6,12H,7-8H2,1-2H3. The number of benzene rings is 1. The van der Waals surface area contributed by atoms with Crippen LogP contribution in [0.1, 0.15) is 43.8 Å². The Bertz CT molecular complexity index is 633. The molecule has 4 heteroatoms. The molecule has 0 aliphatic heterocycles. The molecule has 19 heavy (non-hydrogen) atoms. The van der Waals surface area contributed by atoms with Crippen molar-refractivity contribution >= 4 is 17.3 Å². The first-order chi connectivity index (χ1) is 9.20. The molecule has 1 aliphatic carbocycles. The van der Waals surface area contributed by atoms with Gasteiger partial charge in [0.25, 0.3) is 0 Å². The van der Waals surface area contributed by atoms with Crippen LogP contribution >= 0.6 is 11.3 Å². The minimum absolute atomic E-state index is 0.332. The van der Waals surface area contributed by atoms with Gasteiger partial charge in [-0.2, -0.15) is 0 Å². The van der Waals surface area contributed by atoms with Crippen LogP contribution < -0.4 is 0 Å². The van der Waals surface area contributed by atoms with Gasteiger partial charge in [0.05, 0.1) is 7.11 Å². The lowest BCUT2D eigenvalue weighted by Crippen LogP contribution is -2.04. The quantitative estimate of drug-likeness (QED) is 0.788. The summed E-state index contributed by atoms with van der Waals surface area (Å²) < 4.78 is 4.77. The Hall–Kier alpha value is -1.68. The highest BCUT2D eigenvalue weighted by atomic mass is 32.1. The lowest BCUT2D eigenvalue weighted by atomic mass is 10.0. The lowest BCUT2D eigenvalue weighted by Gasteiger charge is -2.07. The molecule has 0 bridgehead atoms. The number of hydrogen-bond donors (Lipinski definition) is 0. The minimum Gasteiger partial charge on any atom is -0.464 e. The zero-order valence-electron chi connectivity index (χ0n) is 11.0. The zero-order valence-corrected chi connectivity index (χ0v) is 11.8. The Morgan fingerprint density at radius 2 is 2.21 bits per heavy atom. The van der Waals surface area contributed by atoms with E-state index in [2.05, 4.69) is 29.2 Å². The van der Waals surface area contributed by atoms with Gasteiger partial charge in [-0.25, -0.2) is 9.78 Å². The molecule has 0 saturated carbocycles. The highest BCUT2D eigenvalue weighted by Crippen LogP contribution is 2.40. The van der Waals surface area contributed by atoms with Crippen LogP contribution in [-0.4, -0.2) is 18.1 Å². The van der Waals surface area contributed by atoms with E-state index in [4.69, 9.17) is 4.74 Å². The third-order valence-electron chi connectivity index (χ3n) is 3.62. The molecule has 3 rings (SSSR count). The summed E-state index contributed by atoms with van der Waals surface area (Å²) in [4.78, 5) is 17.1. The van der Waals surface area contributed by atoms with E-state index in [0.717, 1.165) is 22.7 Å². The number of ether oxygens (including phenoxy) is 1. The van der Waals surface area contributed by atoms with Crippen LogP contribution in [0, 0.1) is 6.92 Å². The number of carbonyl (C=O) groups excluding carboxylic acids is 1. The van der Waals surface area contributed by atoms with Crippen molar-refractivity contribution in [3.8, 4) is 0 Å². The maximum atomic E-state index is 11.6. The molecule has 0 amide bonds. The van der Waals surface area contributed by atoms with Crippen molar-refractivity contribution in [2.45, 2.75) is 25.7 Å². The SMILES string of the molecule is COC(=O)c1nc(C2CCc3ccccc32)sc1C. The van der Waals surface area contributed by atoms with E-state index in [0.29, 0.717) is 11.6 Å². The van der Waals surface area contributed by atoms with Gasteiger partial charge in [0, 0.05) is 10.8 Å². The van der Waals surface area contributed by atoms with Crippen LogP contribution in [0.15, 0.2) is 24.3 Å². The highest BCUT2D eigenvalue weighted by Gasteiger charge is 2.28. The second-order valence-corrected chi connectivity index (χ2v) is 5.97. The van der Waals surface area contributed by atoms with Gasteiger partial charge in [0.15, 0.2) is 5.69 Å². The monoisotopic (exact) mass is 273 g/mol. The van der Waals surface area contributed by atoms with Gasteiger partial charge in [-0.15, -0.1) is 11.3 Å². The summed E-state index contributed by atoms with van der Waals surface area (Å²) in [5.74, 6) is -0.00964. The number of esters is 1. The second-order valence-electron chi connectivity index (χ2n) is 4.74. The number of aryl methyl sites for hydroxylation is 2. The third kappa shape index (κ3) is 2.06. The van der Waals surface area contributed by atoms with Crippen LogP contribution in [0.4, 0.5) is 0 Å². The first-order valence-electron chi connectivity index (χ1n) is 6.34. The molecular formula is C15H15NO2S. The summed E-state index contributed by atoms with van der Waals surface area (Å²) >= 11 is 1.61. The Morgan fingerprint density at radius 3 is 3.00 bits per heavy atom. The average molecular weight is 273 g/mol. The normalized spacial score (nSPS) is 17.3. The number of carbonyl (C=O) groups is 1. The van der Waals surface area contributed by atoms with E-state index < -0.39 is 0 Å². The van der Waals surface area contributed by atoms with Gasteiger partial charge in [0.1, 0.15) is 5.01 Å². The predicted octanol–water partition coefficient (Wildman–Crippen LogP) is 3.32. The van der Waals surface area contributed by atoms with Crippen molar-refractivity contribution in [2.24, 2.45) is 0 Å². The Balaban J connectivity index is 1.99. The molecule has 0 fully saturated rings. The van der Waals surface area contributed by atoms with Gasteiger partial charge in [-0.05, 0) is 30.9 Å². The largest absolute Gasteiger partial charge is 0.464 e. The van der Waals surface area contributed by atoms with Crippen LogP contribution in [0.3, 0.4) is 0 Å². The first-order valence-corrected chi connectivity index (χ1v) is 7.15. The summed E-state index contributed by atoms with van der Waals surface area (Å²) in [7, 11) is 1.39. The maximum Gasteiger partial charge on any atom is 0.357 e. The minimum atomic E-state index is -0.341. The van der Waals surface area contributed by atoms with Crippen molar-refractivity contribution < 1.29 is 9.53 Å². The molecule has 0 spiro atoms. The van der Waals surface area contributed by atoms with Gasteiger partial charge >= 0.3 is 5.97 Å². The van der Waals surface area contributed by atoms with E-state index in [1.807, 2.05) is 6.92 Å². The predicted molar refractivity (Wildman–Crippen MR) is 74.8 cm³/mol. The number of hydrogen-bond acceptors (Lipinski definition) is 4. The van der Waals surface area contributed by atoms with Crippen molar-refractivity contribution in [3.05, 3.63) is 51.0 Å². The summed E-state index contributed by atoms with van der Waals surface area (Å²) in [6.07, 6.45) is 2.17. The Morgan fingerprint density at radius 1 is 1.42 bits per heavy atom. The fraction of sp³-hybridized carbons (Fsp3) is 0.333. The first kappa shape index (κ1) is 12.4. The van der Waals surface area contributed by atoms with Gasteiger partial charge in [-0.1, -0.05) is 24.3 Å². The van der Waals surface area contributed by atoms with E-state index in [1.165, 1.54) is 18.2 Å². The maximum absolute atomic E-state index is 11.6. The fourth-order valence-corrected chi connectivity index (χ4v) is 3.73. The van der Waals surface area contributed by atoms with Crippen LogP contribution in [0.25, 0.3) is 0 Å². The van der Waals surface area contributed by atoms with Crippen LogP contribution in [0.5, 0.6) is 0 Å². The van der Waals surface area contributed by atoms with Gasteiger partial charge in [-0.3, -0.25) is 0 Å². The Labute approximate surface area is 116 Å². The van der Waals surface area contributed by atoms with E-state index >= 15 is 0 Å². The van der Waals surface area contributed by atoms with Crippen molar-refractivity contribution in [3.63, 3.8) is 0 Å². The molecule has 1 aliphatic rings. The lowest BCUT2D eigenvalue weighted by molar-refractivity contribution is 0.0594. The molecule has 1 atom stereocenters. The summed E-state index contributed by atoms with van der Waals surface area (Å²) in [6.45, 7) is 1.92. The molecule has 98 valence electrons. The molecule has 0 radical (unpaired) electrons. The molecule has 0 N–H and O–H groups in total. The van der Waals surface area contributed by atoms with Crippen molar-refractivity contribution in [2.75, 3.05) is 7.11 Å². The number of thiazole rings is 1. The number of rotatable bonds is 2. The average Bonchev–Trinajstić information content (AvgIpc) is 3.01. The Kier molecular flexibility index (Phi) is 3.11. The highest BCUT2D eigenvalue weighted by molar-refractivity contribution is 7.12. The smallest absolute Gasteiger partial charge is 0.357 e. The third-order valence-corrected chi connectivity index (χ3v) is 4.71. The zero-order chi connectivity index (χ0) is 13.4. The van der Waals surface area contributed by atoms with Gasteiger partial charge < -0.3 is 4.74 Å². The van der Waals surface area contributed by atoms with Gasteiger partial charge in [0.2, 0.25) is 0 Å². The fourth-order valence-electron chi connectivity index (χ4n) is 2.67. The van der Waals surface area contributed by atoms with Crippen LogP contribution in [0.2, 0.25) is 0 Å². The molecule has 1 unspecified atom stereocenters. The van der Waals surface area contributed by atoms with Crippen molar-refractivity contribution in [1.29, 1.82) is 0 Å². The molecule has 1 heterocycles. The summed E-state index contributed by atoms with van der Waals surface area (Å²) in [6, 6.07) is 8.49. The number of fused-ring (bicyclic) bond motifs is 1. The second kappa shape index (κ2) is 4.78. The topological polar surface area (TPSA) is 39.2 Å². The molecule has 2 aromatic rings. The number of methoxy groups -OCH3 is 1. The molecule has 1 aromatic heterocycles.